The van der Waals surface area contributed by atoms with Crippen LogP contribution in [0, 0.1) is 5.82 Å². The number of methoxy groups -OCH3 is 1. The molecule has 31 heavy (non-hydrogen) atoms. The molecule has 0 saturated carbocycles. The Labute approximate surface area is 184 Å². The van der Waals surface area contributed by atoms with E-state index in [4.69, 9.17) is 4.74 Å². The number of halogens is 1. The minimum absolute atomic E-state index is 0.148. The van der Waals surface area contributed by atoms with Gasteiger partial charge in [-0.3, -0.25) is 0 Å². The molecule has 170 valence electrons. The fourth-order valence-corrected chi connectivity index (χ4v) is 3.97. The number of benzene rings is 2. The Kier molecular flexibility index (Phi) is 8.44. The summed E-state index contributed by atoms with van der Waals surface area (Å²) in [7, 11) is -1.60. The van der Waals surface area contributed by atoms with Crippen molar-refractivity contribution in [2.24, 2.45) is 4.99 Å². The fraction of sp³-hybridized carbons (Fsp3) is 0.435. The zero-order valence-corrected chi connectivity index (χ0v) is 19.6. The third kappa shape index (κ3) is 7.86. The number of ether oxygens (including phenoxy) is 1. The van der Waals surface area contributed by atoms with Gasteiger partial charge in [0.1, 0.15) is 11.6 Å². The number of aliphatic imine (C=N–C) groups is 1. The first-order valence-electron chi connectivity index (χ1n) is 10.2. The summed E-state index contributed by atoms with van der Waals surface area (Å²) in [5, 5.41) is 6.52. The quantitative estimate of drug-likeness (QED) is 0.453. The lowest BCUT2D eigenvalue weighted by atomic mass is 9.84. The van der Waals surface area contributed by atoms with Crippen molar-refractivity contribution < 1.29 is 17.5 Å². The summed E-state index contributed by atoms with van der Waals surface area (Å²) in [5.41, 5.74) is 2.02. The third-order valence-corrected chi connectivity index (χ3v) is 5.72. The summed E-state index contributed by atoms with van der Waals surface area (Å²) in [5.74, 6) is 0.814. The van der Waals surface area contributed by atoms with E-state index >= 15 is 0 Å². The molecule has 2 aromatic carbocycles. The van der Waals surface area contributed by atoms with Crippen molar-refractivity contribution in [3.63, 3.8) is 0 Å². The summed E-state index contributed by atoms with van der Waals surface area (Å²) in [6.45, 7) is 7.62. The molecule has 8 heteroatoms. The standard InChI is InChI=1S/C23H32FN3O3S/c1-6-25-22(27-16-23(2,3)19-8-7-9-21(13-19)30-4)26-14-18-12-20(24)11-10-17(18)15-31(5,28)29/h7-13H,6,14-16H2,1-5H3,(H2,25,26,27). The summed E-state index contributed by atoms with van der Waals surface area (Å²) in [4.78, 5) is 4.55. The van der Waals surface area contributed by atoms with E-state index in [-0.39, 0.29) is 17.7 Å². The predicted octanol–water partition coefficient (Wildman–Crippen LogP) is 3.41. The van der Waals surface area contributed by atoms with E-state index in [2.05, 4.69) is 35.5 Å². The van der Waals surface area contributed by atoms with Gasteiger partial charge in [-0.05, 0) is 47.9 Å². The van der Waals surface area contributed by atoms with Gasteiger partial charge in [0.05, 0.1) is 19.4 Å². The second-order valence-electron chi connectivity index (χ2n) is 8.15. The molecule has 0 aromatic heterocycles. The number of rotatable bonds is 9. The largest absolute Gasteiger partial charge is 0.497 e. The Morgan fingerprint density at radius 1 is 1.13 bits per heavy atom. The first kappa shape index (κ1) is 24.7. The van der Waals surface area contributed by atoms with Crippen molar-refractivity contribution >= 4 is 15.8 Å². The average Bonchev–Trinajstić information content (AvgIpc) is 2.71. The fourth-order valence-electron chi connectivity index (χ4n) is 3.12. The van der Waals surface area contributed by atoms with Crippen LogP contribution in [0.3, 0.4) is 0 Å². The van der Waals surface area contributed by atoms with Crippen LogP contribution in [0.2, 0.25) is 0 Å². The van der Waals surface area contributed by atoms with Gasteiger partial charge in [0, 0.05) is 24.8 Å². The Morgan fingerprint density at radius 2 is 1.87 bits per heavy atom. The molecule has 0 aliphatic heterocycles. The van der Waals surface area contributed by atoms with E-state index in [9.17, 15) is 12.8 Å². The molecule has 2 aromatic rings. The molecule has 0 atom stereocenters. The first-order valence-corrected chi connectivity index (χ1v) is 12.2. The Morgan fingerprint density at radius 3 is 2.52 bits per heavy atom. The second kappa shape index (κ2) is 10.6. The SMILES string of the molecule is CCNC(=NCc1cc(F)ccc1CS(C)(=O)=O)NCC(C)(C)c1cccc(OC)c1. The molecule has 0 heterocycles. The van der Waals surface area contributed by atoms with Crippen LogP contribution in [0.1, 0.15) is 37.5 Å². The number of hydrogen-bond acceptors (Lipinski definition) is 4. The molecule has 0 amide bonds. The first-order chi connectivity index (χ1) is 14.5. The van der Waals surface area contributed by atoms with Gasteiger partial charge in [0.15, 0.2) is 15.8 Å². The number of sulfone groups is 1. The lowest BCUT2D eigenvalue weighted by molar-refractivity contribution is 0.411. The van der Waals surface area contributed by atoms with Crippen LogP contribution >= 0.6 is 0 Å². The second-order valence-corrected chi connectivity index (χ2v) is 10.3. The van der Waals surface area contributed by atoms with Gasteiger partial charge >= 0.3 is 0 Å². The van der Waals surface area contributed by atoms with Crippen LogP contribution in [0.4, 0.5) is 4.39 Å². The highest BCUT2D eigenvalue weighted by molar-refractivity contribution is 7.89. The molecule has 0 radical (unpaired) electrons. The number of guanidine groups is 1. The molecular formula is C23H32FN3O3S. The van der Waals surface area contributed by atoms with Crippen LogP contribution in [-0.4, -0.2) is 40.8 Å². The van der Waals surface area contributed by atoms with Gasteiger partial charge in [-0.25, -0.2) is 17.8 Å². The summed E-state index contributed by atoms with van der Waals surface area (Å²) >= 11 is 0. The topological polar surface area (TPSA) is 79.8 Å². The molecule has 0 aliphatic carbocycles. The van der Waals surface area contributed by atoms with Crippen molar-refractivity contribution in [1.82, 2.24) is 10.6 Å². The van der Waals surface area contributed by atoms with Crippen LogP contribution in [0.5, 0.6) is 5.75 Å². The molecule has 2 rings (SSSR count). The normalized spacial score (nSPS) is 12.5. The highest BCUT2D eigenvalue weighted by atomic mass is 32.2. The Balaban J connectivity index is 2.18. The lowest BCUT2D eigenvalue weighted by Gasteiger charge is -2.27. The molecule has 0 saturated heterocycles. The highest BCUT2D eigenvalue weighted by Gasteiger charge is 2.21. The maximum Gasteiger partial charge on any atom is 0.191 e. The van der Waals surface area contributed by atoms with E-state index in [0.29, 0.717) is 30.2 Å². The Bertz CT molecular complexity index is 1020. The van der Waals surface area contributed by atoms with Crippen molar-refractivity contribution in [1.29, 1.82) is 0 Å². The van der Waals surface area contributed by atoms with Gasteiger partial charge < -0.3 is 15.4 Å². The van der Waals surface area contributed by atoms with Gasteiger partial charge in [0.25, 0.3) is 0 Å². The number of hydrogen-bond donors (Lipinski definition) is 2. The summed E-state index contributed by atoms with van der Waals surface area (Å²) in [6.07, 6.45) is 1.16. The van der Waals surface area contributed by atoms with Gasteiger partial charge in [0.2, 0.25) is 0 Å². The molecule has 0 bridgehead atoms. The molecule has 0 aliphatic rings. The van der Waals surface area contributed by atoms with Gasteiger partial charge in [-0.15, -0.1) is 0 Å². The van der Waals surface area contributed by atoms with Crippen LogP contribution in [0.15, 0.2) is 47.5 Å². The van der Waals surface area contributed by atoms with Gasteiger partial charge in [-0.2, -0.15) is 0 Å². The maximum atomic E-state index is 13.8. The highest BCUT2D eigenvalue weighted by Crippen LogP contribution is 2.25. The van der Waals surface area contributed by atoms with Crippen molar-refractivity contribution in [3.05, 3.63) is 65.0 Å². The summed E-state index contributed by atoms with van der Waals surface area (Å²) in [6, 6.07) is 12.1. The van der Waals surface area contributed by atoms with Crippen molar-refractivity contribution in [2.75, 3.05) is 26.5 Å². The number of nitrogens with one attached hydrogen (secondary N) is 2. The van der Waals surface area contributed by atoms with Crippen LogP contribution in [-0.2, 0) is 27.5 Å². The molecule has 0 fully saturated rings. The van der Waals surface area contributed by atoms with Crippen LogP contribution in [0.25, 0.3) is 0 Å². The minimum atomic E-state index is -3.24. The number of nitrogens with zero attached hydrogens (tertiary/aromatic N) is 1. The van der Waals surface area contributed by atoms with E-state index in [1.165, 1.54) is 18.2 Å². The minimum Gasteiger partial charge on any atom is -0.497 e. The monoisotopic (exact) mass is 449 g/mol. The predicted molar refractivity (Wildman–Crippen MR) is 124 cm³/mol. The van der Waals surface area contributed by atoms with Crippen LogP contribution < -0.4 is 15.4 Å². The molecule has 2 N–H and O–H groups in total. The molecule has 0 spiro atoms. The van der Waals surface area contributed by atoms with E-state index < -0.39 is 15.7 Å². The maximum absolute atomic E-state index is 13.8. The molecule has 0 unspecified atom stereocenters. The zero-order valence-electron chi connectivity index (χ0n) is 18.8. The van der Waals surface area contributed by atoms with E-state index in [1.807, 2.05) is 25.1 Å². The third-order valence-electron chi connectivity index (χ3n) is 4.89. The average molecular weight is 450 g/mol. The van der Waals surface area contributed by atoms with Gasteiger partial charge in [-0.1, -0.05) is 32.0 Å². The van der Waals surface area contributed by atoms with Crippen molar-refractivity contribution in [3.8, 4) is 5.75 Å². The van der Waals surface area contributed by atoms with E-state index in [1.54, 1.807) is 7.11 Å². The molecule has 6 nitrogen and oxygen atoms in total. The smallest absolute Gasteiger partial charge is 0.191 e. The summed E-state index contributed by atoms with van der Waals surface area (Å²) < 4.78 is 42.5. The lowest BCUT2D eigenvalue weighted by Crippen LogP contribution is -2.43. The Hall–Kier alpha value is -2.61. The van der Waals surface area contributed by atoms with E-state index in [0.717, 1.165) is 17.6 Å². The van der Waals surface area contributed by atoms with Crippen molar-refractivity contribution in [2.45, 2.75) is 38.5 Å². The zero-order chi connectivity index (χ0) is 23.1. The molecular weight excluding hydrogens is 417 g/mol.